The molecule has 0 saturated carbocycles. The number of aromatic nitrogens is 4. The summed E-state index contributed by atoms with van der Waals surface area (Å²) < 4.78 is 0. The first-order chi connectivity index (χ1) is 19.8. The second kappa shape index (κ2) is 11.1. The number of hydrogen-bond donors (Lipinski definition) is 0. The Morgan fingerprint density at radius 2 is 1.62 bits per heavy atom. The van der Waals surface area contributed by atoms with Gasteiger partial charge in [0.25, 0.3) is 0 Å². The Kier molecular flexibility index (Phi) is 6.86. The average molecular weight is 540 g/mol. The van der Waals surface area contributed by atoms with Gasteiger partial charge in [-0.1, -0.05) is 60.7 Å². The summed E-state index contributed by atoms with van der Waals surface area (Å²) in [6.07, 6.45) is 7.80. The summed E-state index contributed by atoms with van der Waals surface area (Å²) in [6.45, 7) is 3.13. The summed E-state index contributed by atoms with van der Waals surface area (Å²) in [5, 5.41) is 4.30. The molecule has 0 radical (unpaired) electrons. The Hall–Kier alpha value is -4.26. The van der Waals surface area contributed by atoms with Gasteiger partial charge in [-0.3, -0.25) is 14.9 Å². The van der Waals surface area contributed by atoms with Crippen LogP contribution < -0.4 is 0 Å². The standard InChI is InChI=1S/C34H29N5S/c1-2-6-25(7-3-1)29-20-28-21-35-17-13-30(28)37-33(29)27-11-9-24(10-12-27)22-39-18-14-26(15-19-39)32-23-40-34(38-32)31-8-4-5-16-36-31/h1-13,16-17,20-21,23,26H,14-15,18-19,22H2. The van der Waals surface area contributed by atoms with Crippen LogP contribution in [0.4, 0.5) is 0 Å². The van der Waals surface area contributed by atoms with Crippen LogP contribution in [0.15, 0.2) is 109 Å². The largest absolute Gasteiger partial charge is 0.299 e. The van der Waals surface area contributed by atoms with Crippen LogP contribution in [0.25, 0.3) is 44.0 Å². The lowest BCUT2D eigenvalue weighted by atomic mass is 9.93. The number of pyridine rings is 3. The van der Waals surface area contributed by atoms with Gasteiger partial charge in [0.1, 0.15) is 5.01 Å². The number of benzene rings is 2. The van der Waals surface area contributed by atoms with E-state index in [9.17, 15) is 0 Å². The summed E-state index contributed by atoms with van der Waals surface area (Å²) in [5.74, 6) is 0.526. The highest BCUT2D eigenvalue weighted by Gasteiger charge is 2.23. The lowest BCUT2D eigenvalue weighted by Gasteiger charge is -2.31. The topological polar surface area (TPSA) is 54.8 Å². The van der Waals surface area contributed by atoms with Gasteiger partial charge in [0.15, 0.2) is 0 Å². The van der Waals surface area contributed by atoms with Gasteiger partial charge in [0.05, 0.1) is 22.6 Å². The normalized spacial score (nSPS) is 14.5. The van der Waals surface area contributed by atoms with Gasteiger partial charge in [0, 0.05) is 52.9 Å². The van der Waals surface area contributed by atoms with Crippen molar-refractivity contribution < 1.29 is 0 Å². The molecule has 1 aliphatic rings. The highest BCUT2D eigenvalue weighted by Crippen LogP contribution is 2.34. The lowest BCUT2D eigenvalue weighted by molar-refractivity contribution is 0.203. The number of piperidine rings is 1. The minimum absolute atomic E-state index is 0.526. The van der Waals surface area contributed by atoms with Crippen LogP contribution in [0.5, 0.6) is 0 Å². The van der Waals surface area contributed by atoms with E-state index in [-0.39, 0.29) is 0 Å². The van der Waals surface area contributed by atoms with Crippen molar-refractivity contribution in [2.75, 3.05) is 13.1 Å². The van der Waals surface area contributed by atoms with Crippen molar-refractivity contribution >= 4 is 22.2 Å². The van der Waals surface area contributed by atoms with Gasteiger partial charge in [-0.25, -0.2) is 9.97 Å². The first-order valence-electron chi connectivity index (χ1n) is 13.8. The van der Waals surface area contributed by atoms with Gasteiger partial charge in [-0.05, 0) is 61.3 Å². The molecule has 0 unspecified atom stereocenters. The fourth-order valence-electron chi connectivity index (χ4n) is 5.57. The molecule has 2 aromatic carbocycles. The van der Waals surface area contributed by atoms with Crippen LogP contribution in [-0.4, -0.2) is 37.9 Å². The molecule has 6 heteroatoms. The number of thiazole rings is 1. The lowest BCUT2D eigenvalue weighted by Crippen LogP contribution is -2.32. The Balaban J connectivity index is 1.05. The molecule has 0 N–H and O–H groups in total. The van der Waals surface area contributed by atoms with Crippen LogP contribution in [0.2, 0.25) is 0 Å². The van der Waals surface area contributed by atoms with Crippen molar-refractivity contribution in [3.8, 4) is 33.1 Å². The molecule has 1 aliphatic heterocycles. The van der Waals surface area contributed by atoms with Crippen LogP contribution in [-0.2, 0) is 6.54 Å². The van der Waals surface area contributed by atoms with Crippen molar-refractivity contribution in [2.24, 2.45) is 0 Å². The smallest absolute Gasteiger partial charge is 0.142 e. The third kappa shape index (κ3) is 5.16. The van der Waals surface area contributed by atoms with E-state index in [1.165, 1.54) is 11.3 Å². The second-order valence-electron chi connectivity index (χ2n) is 10.4. The maximum Gasteiger partial charge on any atom is 0.142 e. The van der Waals surface area contributed by atoms with Crippen LogP contribution in [0.3, 0.4) is 0 Å². The molecule has 0 atom stereocenters. The zero-order valence-corrected chi connectivity index (χ0v) is 23.0. The first-order valence-corrected chi connectivity index (χ1v) is 14.7. The third-order valence-corrected chi connectivity index (χ3v) is 8.63. The first kappa shape index (κ1) is 24.8. The molecule has 7 rings (SSSR count). The summed E-state index contributed by atoms with van der Waals surface area (Å²) in [5.41, 5.74) is 8.91. The molecular formula is C34H29N5S. The molecule has 4 aromatic heterocycles. The van der Waals surface area contributed by atoms with E-state index in [1.807, 2.05) is 42.7 Å². The molecule has 196 valence electrons. The Labute approximate surface area is 238 Å². The van der Waals surface area contributed by atoms with E-state index in [0.717, 1.165) is 76.5 Å². The van der Waals surface area contributed by atoms with E-state index in [4.69, 9.17) is 9.97 Å². The highest BCUT2D eigenvalue weighted by molar-refractivity contribution is 7.13. The van der Waals surface area contributed by atoms with Gasteiger partial charge in [-0.15, -0.1) is 11.3 Å². The zero-order valence-electron chi connectivity index (χ0n) is 22.1. The molecule has 6 aromatic rings. The van der Waals surface area contributed by atoms with E-state index >= 15 is 0 Å². The minimum Gasteiger partial charge on any atom is -0.299 e. The number of rotatable bonds is 6. The Morgan fingerprint density at radius 1 is 0.800 bits per heavy atom. The fourth-order valence-corrected chi connectivity index (χ4v) is 6.45. The van der Waals surface area contributed by atoms with Gasteiger partial charge < -0.3 is 0 Å². The predicted molar refractivity (Wildman–Crippen MR) is 163 cm³/mol. The fraction of sp³-hybridized carbons (Fsp3) is 0.176. The average Bonchev–Trinajstić information content (AvgIpc) is 3.53. The summed E-state index contributed by atoms with van der Waals surface area (Å²) >= 11 is 1.70. The van der Waals surface area contributed by atoms with Gasteiger partial charge in [0.2, 0.25) is 0 Å². The molecule has 1 fully saturated rings. The summed E-state index contributed by atoms with van der Waals surface area (Å²) in [4.78, 5) is 21.3. The number of likely N-dealkylation sites (tertiary alicyclic amines) is 1. The Bertz CT molecular complexity index is 1720. The SMILES string of the molecule is c1ccc(-c2cc3cnccc3nc2-c2ccc(CN3CCC(c4csc(-c5ccccn5)n4)CC3)cc2)cc1. The molecule has 0 amide bonds. The second-order valence-corrected chi connectivity index (χ2v) is 11.2. The minimum atomic E-state index is 0.526. The van der Waals surface area contributed by atoms with Gasteiger partial charge in [-0.2, -0.15) is 0 Å². The van der Waals surface area contributed by atoms with Crippen LogP contribution in [0, 0.1) is 0 Å². The molecule has 0 aliphatic carbocycles. The monoisotopic (exact) mass is 539 g/mol. The zero-order chi connectivity index (χ0) is 26.7. The van der Waals surface area contributed by atoms with Crippen molar-refractivity contribution in [1.29, 1.82) is 0 Å². The van der Waals surface area contributed by atoms with E-state index in [1.54, 1.807) is 17.5 Å². The third-order valence-electron chi connectivity index (χ3n) is 7.75. The maximum atomic E-state index is 5.07. The van der Waals surface area contributed by atoms with Crippen molar-refractivity contribution in [1.82, 2.24) is 24.8 Å². The highest BCUT2D eigenvalue weighted by atomic mass is 32.1. The molecule has 5 nitrogen and oxygen atoms in total. The molecule has 0 spiro atoms. The van der Waals surface area contributed by atoms with Gasteiger partial charge >= 0.3 is 0 Å². The number of fused-ring (bicyclic) bond motifs is 1. The molecule has 1 saturated heterocycles. The quantitative estimate of drug-likeness (QED) is 0.216. The van der Waals surface area contributed by atoms with E-state index in [0.29, 0.717) is 5.92 Å². The number of nitrogens with zero attached hydrogens (tertiary/aromatic N) is 5. The molecular weight excluding hydrogens is 510 g/mol. The molecule has 5 heterocycles. The van der Waals surface area contributed by atoms with Crippen molar-refractivity contribution in [3.05, 3.63) is 120 Å². The van der Waals surface area contributed by atoms with E-state index in [2.05, 4.69) is 74.8 Å². The van der Waals surface area contributed by atoms with Crippen LogP contribution >= 0.6 is 11.3 Å². The predicted octanol–water partition coefficient (Wildman–Crippen LogP) is 7.86. The maximum absolute atomic E-state index is 5.07. The molecule has 0 bridgehead atoms. The Morgan fingerprint density at radius 3 is 2.42 bits per heavy atom. The number of hydrogen-bond acceptors (Lipinski definition) is 6. The summed E-state index contributed by atoms with van der Waals surface area (Å²) in [6, 6.07) is 29.6. The van der Waals surface area contributed by atoms with Crippen molar-refractivity contribution in [2.45, 2.75) is 25.3 Å². The molecule has 40 heavy (non-hydrogen) atoms. The van der Waals surface area contributed by atoms with Crippen LogP contribution in [0.1, 0.15) is 30.0 Å². The van der Waals surface area contributed by atoms with E-state index < -0.39 is 0 Å². The van der Waals surface area contributed by atoms with Crippen molar-refractivity contribution in [3.63, 3.8) is 0 Å². The summed E-state index contributed by atoms with van der Waals surface area (Å²) in [7, 11) is 0.